The molecule has 6 heteroatoms. The van der Waals surface area contributed by atoms with E-state index >= 15 is 0 Å². The first-order valence-electron chi connectivity index (χ1n) is 8.16. The third kappa shape index (κ3) is 3.54. The Bertz CT molecular complexity index is 930. The fourth-order valence-corrected chi connectivity index (χ4v) is 2.72. The lowest BCUT2D eigenvalue weighted by molar-refractivity contribution is 0.102. The number of hydrogen-bond acceptors (Lipinski definition) is 4. The molecule has 0 bridgehead atoms. The molecule has 6 nitrogen and oxygen atoms in total. The summed E-state index contributed by atoms with van der Waals surface area (Å²) in [4.78, 5) is 12.6. The minimum absolute atomic E-state index is 0.288. The molecule has 0 fully saturated rings. The molecule has 0 aliphatic heterocycles. The topological polar surface area (TPSA) is 65.4 Å². The van der Waals surface area contributed by atoms with Gasteiger partial charge in [-0.3, -0.25) is 9.48 Å². The smallest absolute Gasteiger partial charge is 0.276 e. The molecule has 0 radical (unpaired) electrons. The van der Waals surface area contributed by atoms with E-state index in [1.807, 2.05) is 56.4 Å². The van der Waals surface area contributed by atoms with E-state index in [4.69, 9.17) is 9.47 Å². The van der Waals surface area contributed by atoms with Gasteiger partial charge in [0.2, 0.25) is 0 Å². The van der Waals surface area contributed by atoms with Crippen molar-refractivity contribution >= 4 is 11.6 Å². The van der Waals surface area contributed by atoms with E-state index in [1.54, 1.807) is 25.0 Å². The molecular weight excluding hydrogens is 330 g/mol. The number of amides is 1. The van der Waals surface area contributed by atoms with Crippen LogP contribution in [0.3, 0.4) is 0 Å². The average Bonchev–Trinajstić information content (AvgIpc) is 3.04. The molecule has 1 aromatic heterocycles. The van der Waals surface area contributed by atoms with E-state index in [-0.39, 0.29) is 5.91 Å². The lowest BCUT2D eigenvalue weighted by Gasteiger charge is -2.09. The summed E-state index contributed by atoms with van der Waals surface area (Å²) in [6, 6.07) is 15.0. The lowest BCUT2D eigenvalue weighted by atomic mass is 10.1. The summed E-state index contributed by atoms with van der Waals surface area (Å²) in [5.41, 5.74) is 3.78. The van der Waals surface area contributed by atoms with E-state index in [9.17, 15) is 4.79 Å². The fourth-order valence-electron chi connectivity index (χ4n) is 2.72. The van der Waals surface area contributed by atoms with Gasteiger partial charge in [-0.25, -0.2) is 0 Å². The van der Waals surface area contributed by atoms with Gasteiger partial charge in [-0.1, -0.05) is 6.07 Å². The maximum Gasteiger partial charge on any atom is 0.276 e. The molecule has 2 aromatic carbocycles. The van der Waals surface area contributed by atoms with Gasteiger partial charge in [-0.2, -0.15) is 5.10 Å². The van der Waals surface area contributed by atoms with Crippen LogP contribution in [0.4, 0.5) is 5.69 Å². The minimum Gasteiger partial charge on any atom is -0.497 e. The normalized spacial score (nSPS) is 10.5. The number of rotatable bonds is 5. The number of anilines is 1. The summed E-state index contributed by atoms with van der Waals surface area (Å²) in [5.74, 6) is 1.10. The van der Waals surface area contributed by atoms with Crippen molar-refractivity contribution in [2.75, 3.05) is 19.5 Å². The van der Waals surface area contributed by atoms with Gasteiger partial charge in [0.05, 0.1) is 25.6 Å². The Morgan fingerprint density at radius 3 is 2.42 bits per heavy atom. The zero-order valence-corrected chi connectivity index (χ0v) is 15.2. The van der Waals surface area contributed by atoms with Crippen LogP contribution in [0.2, 0.25) is 0 Å². The number of nitrogens with zero attached hydrogens (tertiary/aromatic N) is 2. The highest BCUT2D eigenvalue weighted by molar-refractivity contribution is 6.04. The summed E-state index contributed by atoms with van der Waals surface area (Å²) in [7, 11) is 5.01. The molecule has 26 heavy (non-hydrogen) atoms. The van der Waals surface area contributed by atoms with Crippen molar-refractivity contribution in [3.8, 4) is 22.8 Å². The fraction of sp³-hybridized carbons (Fsp3) is 0.200. The second-order valence-corrected chi connectivity index (χ2v) is 5.92. The molecule has 1 heterocycles. The van der Waals surface area contributed by atoms with Gasteiger partial charge in [0.1, 0.15) is 11.5 Å². The van der Waals surface area contributed by atoms with E-state index < -0.39 is 0 Å². The van der Waals surface area contributed by atoms with Crippen LogP contribution in [0.15, 0.2) is 48.5 Å². The highest BCUT2D eigenvalue weighted by atomic mass is 16.5. The van der Waals surface area contributed by atoms with Crippen LogP contribution in [0.25, 0.3) is 11.3 Å². The van der Waals surface area contributed by atoms with Gasteiger partial charge in [0.15, 0.2) is 5.69 Å². The van der Waals surface area contributed by atoms with Gasteiger partial charge < -0.3 is 14.8 Å². The number of carbonyl (C=O) groups is 1. The third-order valence-corrected chi connectivity index (χ3v) is 4.10. The van der Waals surface area contributed by atoms with Gasteiger partial charge >= 0.3 is 0 Å². The molecule has 3 aromatic rings. The summed E-state index contributed by atoms with van der Waals surface area (Å²) < 4.78 is 12.2. The van der Waals surface area contributed by atoms with Crippen molar-refractivity contribution < 1.29 is 14.3 Å². The lowest BCUT2D eigenvalue weighted by Crippen LogP contribution is -2.13. The van der Waals surface area contributed by atoms with Crippen LogP contribution in [0, 0.1) is 6.92 Å². The Morgan fingerprint density at radius 2 is 1.77 bits per heavy atom. The molecule has 1 N–H and O–H groups in total. The van der Waals surface area contributed by atoms with Crippen molar-refractivity contribution in [3.05, 3.63) is 59.8 Å². The predicted molar refractivity (Wildman–Crippen MR) is 101 cm³/mol. The predicted octanol–water partition coefficient (Wildman–Crippen LogP) is 3.67. The second kappa shape index (κ2) is 7.31. The highest BCUT2D eigenvalue weighted by Gasteiger charge is 2.16. The average molecular weight is 351 g/mol. The highest BCUT2D eigenvalue weighted by Crippen LogP contribution is 2.27. The van der Waals surface area contributed by atoms with Crippen LogP contribution in [-0.4, -0.2) is 29.9 Å². The van der Waals surface area contributed by atoms with Crippen molar-refractivity contribution in [2.24, 2.45) is 7.05 Å². The van der Waals surface area contributed by atoms with Gasteiger partial charge in [-0.15, -0.1) is 0 Å². The van der Waals surface area contributed by atoms with Crippen molar-refractivity contribution in [1.29, 1.82) is 0 Å². The van der Waals surface area contributed by atoms with E-state index in [2.05, 4.69) is 10.4 Å². The quantitative estimate of drug-likeness (QED) is 0.762. The number of aromatic nitrogens is 2. The largest absolute Gasteiger partial charge is 0.497 e. The molecule has 0 saturated heterocycles. The second-order valence-electron chi connectivity index (χ2n) is 5.92. The summed E-state index contributed by atoms with van der Waals surface area (Å²) in [5, 5.41) is 7.21. The monoisotopic (exact) mass is 351 g/mol. The maximum atomic E-state index is 12.6. The zero-order valence-electron chi connectivity index (χ0n) is 15.2. The number of carbonyl (C=O) groups excluding carboxylic acids is 1. The number of hydrogen-bond donors (Lipinski definition) is 1. The van der Waals surface area contributed by atoms with Crippen LogP contribution in [0.5, 0.6) is 11.5 Å². The molecule has 0 aliphatic carbocycles. The standard InChI is InChI=1S/C20H21N3O3/c1-13-5-10-19(26-4)16(11-13)21-20(24)17-12-18(23(2)22-17)14-6-8-15(25-3)9-7-14/h5-12H,1-4H3,(H,21,24). The summed E-state index contributed by atoms with van der Waals surface area (Å²) in [6.45, 7) is 1.96. The first-order chi connectivity index (χ1) is 12.5. The Labute approximate surface area is 152 Å². The Morgan fingerprint density at radius 1 is 1.04 bits per heavy atom. The Balaban J connectivity index is 1.86. The van der Waals surface area contributed by atoms with Gasteiger partial charge in [-0.05, 0) is 55.0 Å². The number of ether oxygens (including phenoxy) is 2. The SMILES string of the molecule is COc1ccc(-c2cc(C(=O)Nc3cc(C)ccc3OC)nn2C)cc1. The molecule has 3 rings (SSSR count). The molecule has 0 unspecified atom stereocenters. The Kier molecular flexibility index (Phi) is 4.93. The van der Waals surface area contributed by atoms with Crippen LogP contribution in [-0.2, 0) is 7.05 Å². The third-order valence-electron chi connectivity index (χ3n) is 4.10. The van der Waals surface area contributed by atoms with E-state index in [0.717, 1.165) is 22.6 Å². The first-order valence-corrected chi connectivity index (χ1v) is 8.16. The summed E-state index contributed by atoms with van der Waals surface area (Å²) >= 11 is 0. The molecule has 0 atom stereocenters. The first kappa shape index (κ1) is 17.5. The van der Waals surface area contributed by atoms with E-state index in [0.29, 0.717) is 17.1 Å². The Hall–Kier alpha value is -3.28. The van der Waals surface area contributed by atoms with Gasteiger partial charge in [0.25, 0.3) is 5.91 Å². The van der Waals surface area contributed by atoms with Gasteiger partial charge in [0, 0.05) is 12.6 Å². The molecular formula is C20H21N3O3. The number of nitrogens with one attached hydrogen (secondary N) is 1. The van der Waals surface area contributed by atoms with Crippen LogP contribution >= 0.6 is 0 Å². The molecule has 0 spiro atoms. The molecule has 1 amide bonds. The number of aryl methyl sites for hydroxylation is 2. The van der Waals surface area contributed by atoms with Crippen molar-refractivity contribution in [3.63, 3.8) is 0 Å². The van der Waals surface area contributed by atoms with Crippen molar-refractivity contribution in [2.45, 2.75) is 6.92 Å². The van der Waals surface area contributed by atoms with Crippen LogP contribution in [0.1, 0.15) is 16.1 Å². The molecule has 134 valence electrons. The molecule has 0 saturated carbocycles. The van der Waals surface area contributed by atoms with Crippen molar-refractivity contribution in [1.82, 2.24) is 9.78 Å². The molecule has 0 aliphatic rings. The number of benzene rings is 2. The minimum atomic E-state index is -0.288. The van der Waals surface area contributed by atoms with E-state index in [1.165, 1.54) is 0 Å². The summed E-state index contributed by atoms with van der Waals surface area (Å²) in [6.07, 6.45) is 0. The number of methoxy groups -OCH3 is 2. The maximum absolute atomic E-state index is 12.6. The van der Waals surface area contributed by atoms with Crippen LogP contribution < -0.4 is 14.8 Å². The zero-order chi connectivity index (χ0) is 18.7.